The van der Waals surface area contributed by atoms with Crippen molar-refractivity contribution in [2.75, 3.05) is 40.4 Å². The van der Waals surface area contributed by atoms with Gasteiger partial charge in [-0.15, -0.1) is 11.3 Å². The lowest BCUT2D eigenvalue weighted by atomic mass is 10.1. The fraction of sp³-hybridized carbons (Fsp3) is 0.571. The maximum atomic E-state index is 5.52. The van der Waals surface area contributed by atoms with E-state index in [-0.39, 0.29) is 0 Å². The Morgan fingerprint density at radius 3 is 2.44 bits per heavy atom. The molecule has 5 nitrogen and oxygen atoms in total. The van der Waals surface area contributed by atoms with E-state index < -0.39 is 0 Å². The number of aryl methyl sites for hydroxylation is 1. The zero-order valence-electron chi connectivity index (χ0n) is 16.7. The van der Waals surface area contributed by atoms with Crippen LogP contribution < -0.4 is 9.47 Å². The molecule has 0 atom stereocenters. The number of rotatable bonds is 9. The molecule has 148 valence electrons. The minimum Gasteiger partial charge on any atom is -0.497 e. The molecule has 6 heteroatoms. The highest BCUT2D eigenvalue weighted by atomic mass is 32.1. The lowest BCUT2D eigenvalue weighted by molar-refractivity contribution is 0.120. The Morgan fingerprint density at radius 2 is 1.78 bits per heavy atom. The van der Waals surface area contributed by atoms with Crippen molar-refractivity contribution in [2.45, 2.75) is 39.3 Å². The largest absolute Gasteiger partial charge is 0.497 e. The number of thiazole rings is 1. The normalized spacial score (nSPS) is 15.8. The van der Waals surface area contributed by atoms with E-state index in [4.69, 9.17) is 14.5 Å². The Labute approximate surface area is 166 Å². The van der Waals surface area contributed by atoms with Crippen LogP contribution in [-0.2, 0) is 19.5 Å². The molecular formula is C21H31N3O2S. The molecule has 1 aliphatic heterocycles. The quantitative estimate of drug-likeness (QED) is 0.652. The lowest BCUT2D eigenvalue weighted by Crippen LogP contribution is -2.45. The van der Waals surface area contributed by atoms with Crippen LogP contribution in [0.2, 0.25) is 0 Å². The molecular weight excluding hydrogens is 358 g/mol. The van der Waals surface area contributed by atoms with E-state index in [2.05, 4.69) is 28.2 Å². The van der Waals surface area contributed by atoms with Gasteiger partial charge < -0.3 is 9.47 Å². The molecule has 0 saturated carbocycles. The number of hydrogen-bond acceptors (Lipinski definition) is 6. The molecule has 1 aliphatic rings. The first kappa shape index (κ1) is 20.1. The van der Waals surface area contributed by atoms with Gasteiger partial charge in [-0.05, 0) is 31.0 Å². The van der Waals surface area contributed by atoms with Crippen molar-refractivity contribution in [3.8, 4) is 11.5 Å². The molecule has 1 fully saturated rings. The van der Waals surface area contributed by atoms with E-state index in [1.54, 1.807) is 14.2 Å². The number of ether oxygens (including phenoxy) is 2. The van der Waals surface area contributed by atoms with Crippen molar-refractivity contribution in [1.82, 2.24) is 14.8 Å². The van der Waals surface area contributed by atoms with Crippen molar-refractivity contribution in [3.63, 3.8) is 0 Å². The van der Waals surface area contributed by atoms with E-state index in [1.165, 1.54) is 29.1 Å². The Balaban J connectivity index is 1.50. The SMILES string of the molecule is CCCCc1nc(CN2CCN(Cc3cc(OC)ccc3OC)CC2)cs1. The summed E-state index contributed by atoms with van der Waals surface area (Å²) >= 11 is 1.81. The van der Waals surface area contributed by atoms with Crippen LogP contribution in [0.15, 0.2) is 23.6 Å². The second kappa shape index (κ2) is 10.1. The van der Waals surface area contributed by atoms with Gasteiger partial charge in [0.1, 0.15) is 11.5 Å². The van der Waals surface area contributed by atoms with Gasteiger partial charge in [0.25, 0.3) is 0 Å². The third-order valence-corrected chi connectivity index (χ3v) is 6.03. The molecule has 0 N–H and O–H groups in total. The number of methoxy groups -OCH3 is 2. The van der Waals surface area contributed by atoms with Crippen LogP contribution in [0.1, 0.15) is 36.0 Å². The van der Waals surface area contributed by atoms with Crippen LogP contribution in [0.5, 0.6) is 11.5 Å². The predicted molar refractivity (Wildman–Crippen MR) is 111 cm³/mol. The molecule has 3 rings (SSSR count). The highest BCUT2D eigenvalue weighted by Crippen LogP contribution is 2.26. The average Bonchev–Trinajstić information content (AvgIpc) is 3.15. The number of hydrogen-bond donors (Lipinski definition) is 0. The highest BCUT2D eigenvalue weighted by molar-refractivity contribution is 7.09. The molecule has 0 amide bonds. The lowest BCUT2D eigenvalue weighted by Gasteiger charge is -2.34. The zero-order valence-corrected chi connectivity index (χ0v) is 17.6. The van der Waals surface area contributed by atoms with Crippen molar-refractivity contribution in [3.05, 3.63) is 39.8 Å². The number of benzene rings is 1. The van der Waals surface area contributed by atoms with Gasteiger partial charge >= 0.3 is 0 Å². The summed E-state index contributed by atoms with van der Waals surface area (Å²) in [5.74, 6) is 1.81. The predicted octanol–water partition coefficient (Wildman–Crippen LogP) is 3.82. The molecule has 0 bridgehead atoms. The summed E-state index contributed by atoms with van der Waals surface area (Å²) in [7, 11) is 3.43. The fourth-order valence-electron chi connectivity index (χ4n) is 3.45. The molecule has 0 radical (unpaired) electrons. The van der Waals surface area contributed by atoms with E-state index in [9.17, 15) is 0 Å². The van der Waals surface area contributed by atoms with Crippen molar-refractivity contribution < 1.29 is 9.47 Å². The molecule has 2 heterocycles. The molecule has 0 spiro atoms. The average molecular weight is 390 g/mol. The van der Waals surface area contributed by atoms with Crippen LogP contribution in [0.4, 0.5) is 0 Å². The number of unbranched alkanes of at least 4 members (excludes halogenated alkanes) is 1. The first-order valence-corrected chi connectivity index (χ1v) is 10.7. The number of nitrogens with zero attached hydrogens (tertiary/aromatic N) is 3. The minimum atomic E-state index is 0.881. The molecule has 1 saturated heterocycles. The molecule has 0 aliphatic carbocycles. The van der Waals surface area contributed by atoms with Gasteiger partial charge in [-0.1, -0.05) is 13.3 Å². The number of piperazine rings is 1. The zero-order chi connectivity index (χ0) is 19.1. The van der Waals surface area contributed by atoms with Gasteiger partial charge in [0.05, 0.1) is 24.9 Å². The van der Waals surface area contributed by atoms with Crippen molar-refractivity contribution >= 4 is 11.3 Å². The van der Waals surface area contributed by atoms with E-state index in [1.807, 2.05) is 23.5 Å². The van der Waals surface area contributed by atoms with Gasteiger partial charge in [0.15, 0.2) is 0 Å². The highest BCUT2D eigenvalue weighted by Gasteiger charge is 2.19. The van der Waals surface area contributed by atoms with E-state index in [0.29, 0.717) is 0 Å². The summed E-state index contributed by atoms with van der Waals surface area (Å²) in [5, 5.41) is 3.52. The van der Waals surface area contributed by atoms with Crippen LogP contribution in [0, 0.1) is 0 Å². The Kier molecular flexibility index (Phi) is 7.50. The van der Waals surface area contributed by atoms with Crippen LogP contribution in [0.3, 0.4) is 0 Å². The third kappa shape index (κ3) is 5.67. The molecule has 2 aromatic rings. The topological polar surface area (TPSA) is 37.8 Å². The second-order valence-corrected chi connectivity index (χ2v) is 8.01. The van der Waals surface area contributed by atoms with Crippen LogP contribution in [-0.4, -0.2) is 55.2 Å². The maximum Gasteiger partial charge on any atom is 0.123 e. The van der Waals surface area contributed by atoms with E-state index in [0.717, 1.165) is 57.2 Å². The first-order chi connectivity index (χ1) is 13.2. The monoisotopic (exact) mass is 389 g/mol. The van der Waals surface area contributed by atoms with Gasteiger partial charge in [0, 0.05) is 50.2 Å². The Morgan fingerprint density at radius 1 is 1.04 bits per heavy atom. The summed E-state index contributed by atoms with van der Waals surface area (Å²) in [4.78, 5) is 9.80. The van der Waals surface area contributed by atoms with Crippen LogP contribution in [0.25, 0.3) is 0 Å². The second-order valence-electron chi connectivity index (χ2n) is 7.07. The Hall–Kier alpha value is -1.63. The van der Waals surface area contributed by atoms with Crippen LogP contribution >= 0.6 is 11.3 Å². The standard InChI is InChI=1S/C21H31N3O2S/c1-4-5-6-21-22-18(16-27-21)15-24-11-9-23(10-12-24)14-17-13-19(25-2)7-8-20(17)26-3/h7-8,13,16H,4-6,9-12,14-15H2,1-3H3. The molecule has 27 heavy (non-hydrogen) atoms. The van der Waals surface area contributed by atoms with Gasteiger partial charge in [-0.2, -0.15) is 0 Å². The molecule has 1 aromatic carbocycles. The first-order valence-electron chi connectivity index (χ1n) is 9.80. The number of aromatic nitrogens is 1. The molecule has 0 unspecified atom stereocenters. The molecule has 1 aromatic heterocycles. The third-order valence-electron chi connectivity index (χ3n) is 5.08. The van der Waals surface area contributed by atoms with Gasteiger partial charge in [-0.3, -0.25) is 9.80 Å². The smallest absolute Gasteiger partial charge is 0.123 e. The maximum absolute atomic E-state index is 5.52. The van der Waals surface area contributed by atoms with Gasteiger partial charge in [0.2, 0.25) is 0 Å². The summed E-state index contributed by atoms with van der Waals surface area (Å²) in [6.07, 6.45) is 3.59. The summed E-state index contributed by atoms with van der Waals surface area (Å²) in [5.41, 5.74) is 2.42. The summed E-state index contributed by atoms with van der Waals surface area (Å²) in [6, 6.07) is 6.02. The van der Waals surface area contributed by atoms with E-state index >= 15 is 0 Å². The van der Waals surface area contributed by atoms with Crippen molar-refractivity contribution in [1.29, 1.82) is 0 Å². The van der Waals surface area contributed by atoms with Gasteiger partial charge in [-0.25, -0.2) is 4.98 Å². The fourth-order valence-corrected chi connectivity index (χ4v) is 4.28. The minimum absolute atomic E-state index is 0.881. The summed E-state index contributed by atoms with van der Waals surface area (Å²) in [6.45, 7) is 8.38. The van der Waals surface area contributed by atoms with Crippen molar-refractivity contribution in [2.24, 2.45) is 0 Å². The Bertz CT molecular complexity index is 711. The summed E-state index contributed by atoms with van der Waals surface area (Å²) < 4.78 is 10.9.